The van der Waals surface area contributed by atoms with Crippen molar-refractivity contribution in [2.24, 2.45) is 0 Å². The minimum absolute atomic E-state index is 0.192. The molecule has 0 atom stereocenters. The van der Waals surface area contributed by atoms with E-state index in [9.17, 15) is 9.59 Å². The summed E-state index contributed by atoms with van der Waals surface area (Å²) in [5.74, 6) is 0. The van der Waals surface area contributed by atoms with Crippen LogP contribution < -0.4 is 11.2 Å². The molecule has 0 fully saturated rings. The fourth-order valence-electron chi connectivity index (χ4n) is 2.93. The minimum Gasteiger partial charge on any atom is -0.293 e. The summed E-state index contributed by atoms with van der Waals surface area (Å²) in [6.07, 6.45) is 3.13. The summed E-state index contributed by atoms with van der Waals surface area (Å²) in [6, 6.07) is 5.66. The molecule has 0 unspecified atom stereocenters. The summed E-state index contributed by atoms with van der Waals surface area (Å²) in [5.41, 5.74) is 0.843. The first-order valence-corrected chi connectivity index (χ1v) is 8.04. The molecule has 0 N–H and O–H groups in total. The van der Waals surface area contributed by atoms with Crippen molar-refractivity contribution in [3.8, 4) is 0 Å². The first kappa shape index (κ1) is 16.5. The monoisotopic (exact) mass is 302 g/mol. The van der Waals surface area contributed by atoms with E-state index in [1.807, 2.05) is 45.9 Å². The topological polar surface area (TPSA) is 44.0 Å². The molecule has 1 heterocycles. The van der Waals surface area contributed by atoms with Gasteiger partial charge in [0.05, 0.1) is 10.9 Å². The zero-order chi connectivity index (χ0) is 16.5. The van der Waals surface area contributed by atoms with Gasteiger partial charge in [-0.3, -0.25) is 13.9 Å². The van der Waals surface area contributed by atoms with Gasteiger partial charge in [-0.25, -0.2) is 4.79 Å². The molecule has 0 amide bonds. The summed E-state index contributed by atoms with van der Waals surface area (Å²) >= 11 is 0. The predicted molar refractivity (Wildman–Crippen MR) is 91.7 cm³/mol. The number of aromatic nitrogens is 2. The number of nitrogens with zero attached hydrogens (tertiary/aromatic N) is 2. The van der Waals surface area contributed by atoms with Crippen molar-refractivity contribution in [2.45, 2.75) is 66.0 Å². The van der Waals surface area contributed by atoms with E-state index >= 15 is 0 Å². The lowest BCUT2D eigenvalue weighted by molar-refractivity contribution is 0.356. The Hall–Kier alpha value is -1.84. The van der Waals surface area contributed by atoms with Gasteiger partial charge in [0.15, 0.2) is 0 Å². The molecule has 0 aliphatic heterocycles. The van der Waals surface area contributed by atoms with E-state index in [0.717, 1.165) is 30.3 Å². The quantitative estimate of drug-likeness (QED) is 0.812. The smallest absolute Gasteiger partial charge is 0.293 e. The summed E-state index contributed by atoms with van der Waals surface area (Å²) < 4.78 is 3.17. The molecule has 22 heavy (non-hydrogen) atoms. The van der Waals surface area contributed by atoms with Crippen molar-refractivity contribution in [2.75, 3.05) is 0 Å². The highest BCUT2D eigenvalue weighted by molar-refractivity contribution is 5.81. The Balaban J connectivity index is 2.85. The molecule has 1 aromatic carbocycles. The lowest BCUT2D eigenvalue weighted by atomic mass is 10.1. The Labute approximate surface area is 131 Å². The SMILES string of the molecule is CCCCCn1c(=O)n(C(C)(C)C)c(=O)c2cccc(C)c21. The molecule has 0 aliphatic rings. The van der Waals surface area contributed by atoms with E-state index in [1.54, 1.807) is 4.57 Å². The maximum Gasteiger partial charge on any atom is 0.331 e. The van der Waals surface area contributed by atoms with Gasteiger partial charge in [0, 0.05) is 12.1 Å². The first-order chi connectivity index (χ1) is 10.3. The van der Waals surface area contributed by atoms with Gasteiger partial charge in [0.2, 0.25) is 0 Å². The van der Waals surface area contributed by atoms with Gasteiger partial charge < -0.3 is 0 Å². The van der Waals surface area contributed by atoms with Gasteiger partial charge in [-0.05, 0) is 45.7 Å². The Kier molecular flexibility index (Phi) is 4.59. The number of benzene rings is 1. The van der Waals surface area contributed by atoms with Gasteiger partial charge in [-0.1, -0.05) is 31.9 Å². The molecule has 0 saturated carbocycles. The number of unbranched alkanes of at least 4 members (excludes halogenated alkanes) is 2. The maximum absolute atomic E-state index is 12.9. The second-order valence-electron chi connectivity index (χ2n) is 6.92. The van der Waals surface area contributed by atoms with Gasteiger partial charge in [-0.2, -0.15) is 0 Å². The molecule has 0 spiro atoms. The van der Waals surface area contributed by atoms with Crippen LogP contribution in [0.1, 0.15) is 52.5 Å². The largest absolute Gasteiger partial charge is 0.331 e. The molecular formula is C18H26N2O2. The zero-order valence-electron chi connectivity index (χ0n) is 14.3. The number of para-hydroxylation sites is 1. The standard InChI is InChI=1S/C18H26N2O2/c1-6-7-8-12-19-15-13(2)10-9-11-14(15)16(21)20(17(19)22)18(3,4)5/h9-11H,6-8,12H2,1-5H3. The van der Waals surface area contributed by atoms with E-state index in [1.165, 1.54) is 4.57 Å². The molecule has 4 nitrogen and oxygen atoms in total. The van der Waals surface area contributed by atoms with Crippen LogP contribution in [0.2, 0.25) is 0 Å². The fraction of sp³-hybridized carbons (Fsp3) is 0.556. The van der Waals surface area contributed by atoms with E-state index < -0.39 is 5.54 Å². The normalized spacial score (nSPS) is 12.0. The molecule has 2 aromatic rings. The minimum atomic E-state index is -0.529. The van der Waals surface area contributed by atoms with E-state index in [-0.39, 0.29) is 11.2 Å². The molecule has 2 rings (SSSR count). The zero-order valence-corrected chi connectivity index (χ0v) is 14.3. The van der Waals surface area contributed by atoms with Crippen molar-refractivity contribution in [1.82, 2.24) is 9.13 Å². The van der Waals surface area contributed by atoms with Crippen molar-refractivity contribution in [3.63, 3.8) is 0 Å². The second kappa shape index (κ2) is 6.11. The van der Waals surface area contributed by atoms with Crippen molar-refractivity contribution < 1.29 is 0 Å². The van der Waals surface area contributed by atoms with Crippen LogP contribution in [0.25, 0.3) is 10.9 Å². The van der Waals surface area contributed by atoms with Crippen LogP contribution in [0.4, 0.5) is 0 Å². The number of hydrogen-bond acceptors (Lipinski definition) is 2. The van der Waals surface area contributed by atoms with E-state index in [2.05, 4.69) is 6.92 Å². The Morgan fingerprint density at radius 3 is 2.36 bits per heavy atom. The third-order valence-corrected chi connectivity index (χ3v) is 4.02. The van der Waals surface area contributed by atoms with Crippen LogP contribution >= 0.6 is 0 Å². The number of fused-ring (bicyclic) bond motifs is 1. The molecule has 0 aliphatic carbocycles. The van der Waals surface area contributed by atoms with Crippen LogP contribution in [0.3, 0.4) is 0 Å². The lowest BCUT2D eigenvalue weighted by Gasteiger charge is -2.24. The van der Waals surface area contributed by atoms with Crippen molar-refractivity contribution >= 4 is 10.9 Å². The highest BCUT2D eigenvalue weighted by Crippen LogP contribution is 2.17. The van der Waals surface area contributed by atoms with Crippen LogP contribution in [0, 0.1) is 6.92 Å². The predicted octanol–water partition coefficient (Wildman–Crippen LogP) is 3.42. The third-order valence-electron chi connectivity index (χ3n) is 4.02. The van der Waals surface area contributed by atoms with E-state index in [4.69, 9.17) is 0 Å². The fourth-order valence-corrected chi connectivity index (χ4v) is 2.93. The maximum atomic E-state index is 12.9. The van der Waals surface area contributed by atoms with Crippen LogP contribution in [0.15, 0.2) is 27.8 Å². The molecule has 120 valence electrons. The average Bonchev–Trinajstić information content (AvgIpc) is 2.41. The summed E-state index contributed by atoms with van der Waals surface area (Å²) in [4.78, 5) is 25.7. The number of rotatable bonds is 4. The average molecular weight is 302 g/mol. The van der Waals surface area contributed by atoms with Crippen LogP contribution in [-0.4, -0.2) is 9.13 Å². The molecule has 0 bridgehead atoms. The summed E-state index contributed by atoms with van der Waals surface area (Å²) in [7, 11) is 0. The molecule has 4 heteroatoms. The first-order valence-electron chi connectivity index (χ1n) is 8.04. The summed E-state index contributed by atoms with van der Waals surface area (Å²) in [6.45, 7) is 10.4. The summed E-state index contributed by atoms with van der Waals surface area (Å²) in [5, 5.41) is 0.631. The molecule has 0 radical (unpaired) electrons. The Bertz CT molecular complexity index is 792. The highest BCUT2D eigenvalue weighted by atomic mass is 16.2. The van der Waals surface area contributed by atoms with Gasteiger partial charge in [0.25, 0.3) is 5.56 Å². The van der Waals surface area contributed by atoms with Crippen LogP contribution in [-0.2, 0) is 12.1 Å². The van der Waals surface area contributed by atoms with E-state index in [0.29, 0.717) is 11.9 Å². The lowest BCUT2D eigenvalue weighted by Crippen LogP contribution is -2.47. The number of hydrogen-bond donors (Lipinski definition) is 0. The Morgan fingerprint density at radius 1 is 1.09 bits per heavy atom. The van der Waals surface area contributed by atoms with Gasteiger partial charge in [0.1, 0.15) is 0 Å². The highest BCUT2D eigenvalue weighted by Gasteiger charge is 2.22. The second-order valence-corrected chi connectivity index (χ2v) is 6.92. The molecule has 0 saturated heterocycles. The third kappa shape index (κ3) is 2.87. The van der Waals surface area contributed by atoms with Gasteiger partial charge >= 0.3 is 5.69 Å². The van der Waals surface area contributed by atoms with Gasteiger partial charge in [-0.15, -0.1) is 0 Å². The van der Waals surface area contributed by atoms with Crippen molar-refractivity contribution in [3.05, 3.63) is 44.6 Å². The van der Waals surface area contributed by atoms with Crippen LogP contribution in [0.5, 0.6) is 0 Å². The van der Waals surface area contributed by atoms with Crippen molar-refractivity contribution in [1.29, 1.82) is 0 Å². The molecular weight excluding hydrogens is 276 g/mol. The number of aryl methyl sites for hydroxylation is 2. The molecule has 1 aromatic heterocycles. The Morgan fingerprint density at radius 2 is 1.77 bits per heavy atom.